The molecule has 1 N–H and O–H groups in total. The summed E-state index contributed by atoms with van der Waals surface area (Å²) >= 11 is 5.95. The Morgan fingerprint density at radius 3 is 3.00 bits per heavy atom. The van der Waals surface area contributed by atoms with E-state index in [0.29, 0.717) is 47.0 Å². The van der Waals surface area contributed by atoms with Crippen molar-refractivity contribution in [2.75, 3.05) is 6.54 Å². The average molecular weight is 329 g/mol. The van der Waals surface area contributed by atoms with E-state index in [1.54, 1.807) is 41.4 Å². The molecule has 0 saturated heterocycles. The van der Waals surface area contributed by atoms with Gasteiger partial charge in [-0.3, -0.25) is 14.7 Å². The summed E-state index contributed by atoms with van der Waals surface area (Å²) in [6.07, 6.45) is 2.17. The second kappa shape index (κ2) is 5.24. The number of carbonyl (C=O) groups is 1. The Kier molecular flexibility index (Phi) is 3.20. The second-order valence-electron chi connectivity index (χ2n) is 5.49. The summed E-state index contributed by atoms with van der Waals surface area (Å²) in [5.41, 5.74) is 2.34. The highest BCUT2D eigenvalue weighted by molar-refractivity contribution is 6.30. The smallest absolute Gasteiger partial charge is 0.276 e. The molecule has 0 aliphatic carbocycles. The molecule has 116 valence electrons. The molecule has 0 saturated carbocycles. The summed E-state index contributed by atoms with van der Waals surface area (Å²) in [6, 6.07) is 8.61. The Bertz CT molecular complexity index is 976. The van der Waals surface area contributed by atoms with Crippen LogP contribution in [0.4, 0.5) is 0 Å². The third-order valence-corrected chi connectivity index (χ3v) is 4.29. The van der Waals surface area contributed by atoms with Crippen LogP contribution in [0.3, 0.4) is 0 Å². The number of hydrogen-bond acceptors (Lipinski definition) is 3. The zero-order valence-electron chi connectivity index (χ0n) is 12.1. The Labute approximate surface area is 136 Å². The topological polar surface area (TPSA) is 70.5 Å². The van der Waals surface area contributed by atoms with Gasteiger partial charge in [-0.1, -0.05) is 17.7 Å². The number of hydrogen-bond donors (Lipinski definition) is 1. The number of nitrogens with zero attached hydrogens (tertiary/aromatic N) is 3. The lowest BCUT2D eigenvalue weighted by atomic mass is 10.1. The van der Waals surface area contributed by atoms with Crippen molar-refractivity contribution < 1.29 is 4.79 Å². The van der Waals surface area contributed by atoms with Gasteiger partial charge in [0.25, 0.3) is 11.5 Å². The normalized spacial score (nSPS) is 14.0. The van der Waals surface area contributed by atoms with Crippen LogP contribution in [-0.4, -0.2) is 31.9 Å². The van der Waals surface area contributed by atoms with Gasteiger partial charge >= 0.3 is 0 Å². The molecule has 1 amide bonds. The lowest BCUT2D eigenvalue weighted by Gasteiger charge is -2.27. The number of nitrogens with one attached hydrogen (secondary N) is 1. The first-order chi connectivity index (χ1) is 11.1. The fourth-order valence-corrected chi connectivity index (χ4v) is 3.10. The van der Waals surface area contributed by atoms with Crippen molar-refractivity contribution in [3.8, 4) is 0 Å². The van der Waals surface area contributed by atoms with Crippen LogP contribution in [0.5, 0.6) is 0 Å². The minimum Gasteiger partial charge on any atom is -0.332 e. The van der Waals surface area contributed by atoms with E-state index in [1.807, 2.05) is 0 Å². The first-order valence-corrected chi connectivity index (χ1v) is 7.64. The van der Waals surface area contributed by atoms with Crippen LogP contribution in [0.15, 0.2) is 41.3 Å². The standard InChI is InChI=1S/C16H13ClN4O2/c17-11-3-1-2-10(8-11)15(22)20-7-5-12-13(9-20)19-14-4-6-18-21(14)16(12)23/h1-4,6,8,18H,5,7,9H2. The van der Waals surface area contributed by atoms with E-state index in [9.17, 15) is 9.59 Å². The number of benzene rings is 1. The number of H-pyrrole nitrogens is 1. The minimum absolute atomic E-state index is 0.0927. The molecule has 3 aromatic rings. The van der Waals surface area contributed by atoms with Gasteiger partial charge in [0, 0.05) is 35.0 Å². The van der Waals surface area contributed by atoms with E-state index in [-0.39, 0.29) is 11.5 Å². The average Bonchev–Trinajstić information content (AvgIpc) is 3.02. The largest absolute Gasteiger partial charge is 0.332 e. The van der Waals surface area contributed by atoms with Crippen LogP contribution in [0.2, 0.25) is 5.02 Å². The number of rotatable bonds is 1. The number of carbonyl (C=O) groups excluding carboxylic acids is 1. The van der Waals surface area contributed by atoms with Crippen LogP contribution < -0.4 is 5.56 Å². The van der Waals surface area contributed by atoms with Crippen molar-refractivity contribution in [1.82, 2.24) is 19.5 Å². The zero-order valence-corrected chi connectivity index (χ0v) is 12.9. The summed E-state index contributed by atoms with van der Waals surface area (Å²) in [5.74, 6) is -0.103. The molecule has 7 heteroatoms. The molecule has 3 heterocycles. The van der Waals surface area contributed by atoms with Gasteiger partial charge in [0.1, 0.15) is 0 Å². The molecular weight excluding hydrogens is 316 g/mol. The van der Waals surface area contributed by atoms with E-state index in [4.69, 9.17) is 11.6 Å². The summed E-state index contributed by atoms with van der Waals surface area (Å²) in [7, 11) is 0. The van der Waals surface area contributed by atoms with Crippen molar-refractivity contribution in [2.24, 2.45) is 0 Å². The monoisotopic (exact) mass is 328 g/mol. The SMILES string of the molecule is O=C(c1cccc(Cl)c1)N1CCc2c(nc3cc[nH]n3c2=O)C1. The molecule has 6 nitrogen and oxygen atoms in total. The first-order valence-electron chi connectivity index (χ1n) is 7.26. The molecule has 2 aromatic heterocycles. The maximum Gasteiger partial charge on any atom is 0.276 e. The van der Waals surface area contributed by atoms with Crippen molar-refractivity contribution >= 4 is 23.2 Å². The molecule has 0 fully saturated rings. The van der Waals surface area contributed by atoms with Crippen LogP contribution in [0.25, 0.3) is 5.65 Å². The summed E-state index contributed by atoms with van der Waals surface area (Å²) < 4.78 is 1.42. The van der Waals surface area contributed by atoms with Gasteiger partial charge < -0.3 is 4.90 Å². The zero-order chi connectivity index (χ0) is 16.0. The van der Waals surface area contributed by atoms with Gasteiger partial charge in [-0.05, 0) is 24.6 Å². The van der Waals surface area contributed by atoms with Crippen LogP contribution >= 0.6 is 11.6 Å². The Balaban J connectivity index is 1.70. The van der Waals surface area contributed by atoms with Gasteiger partial charge in [-0.15, -0.1) is 0 Å². The predicted octanol–water partition coefficient (Wildman–Crippen LogP) is 1.87. The molecular formula is C16H13ClN4O2. The van der Waals surface area contributed by atoms with Crippen LogP contribution in [0.1, 0.15) is 21.6 Å². The highest BCUT2D eigenvalue weighted by Gasteiger charge is 2.25. The van der Waals surface area contributed by atoms with E-state index in [2.05, 4.69) is 10.1 Å². The van der Waals surface area contributed by atoms with Gasteiger partial charge in [-0.2, -0.15) is 0 Å². The Morgan fingerprint density at radius 2 is 2.17 bits per heavy atom. The third-order valence-electron chi connectivity index (χ3n) is 4.06. The lowest BCUT2D eigenvalue weighted by molar-refractivity contribution is 0.0731. The van der Waals surface area contributed by atoms with Gasteiger partial charge in [0.2, 0.25) is 0 Å². The number of aromatic amines is 1. The first kappa shape index (κ1) is 14.0. The number of fused-ring (bicyclic) bond motifs is 2. The van der Waals surface area contributed by atoms with Gasteiger partial charge in [-0.25, -0.2) is 9.50 Å². The van der Waals surface area contributed by atoms with Crippen LogP contribution in [-0.2, 0) is 13.0 Å². The summed E-state index contributed by atoms with van der Waals surface area (Å²) in [6.45, 7) is 0.819. The molecule has 0 spiro atoms. The fraction of sp³-hybridized carbons (Fsp3) is 0.188. The van der Waals surface area contributed by atoms with Crippen molar-refractivity contribution in [3.63, 3.8) is 0 Å². The third kappa shape index (κ3) is 2.31. The van der Waals surface area contributed by atoms with Crippen molar-refractivity contribution in [1.29, 1.82) is 0 Å². The highest BCUT2D eigenvalue weighted by atomic mass is 35.5. The molecule has 4 rings (SSSR count). The molecule has 1 aromatic carbocycles. The highest BCUT2D eigenvalue weighted by Crippen LogP contribution is 2.19. The number of halogens is 1. The van der Waals surface area contributed by atoms with Gasteiger partial charge in [0.15, 0.2) is 5.65 Å². The maximum atomic E-state index is 12.6. The number of aromatic nitrogens is 3. The molecule has 1 aliphatic rings. The van der Waals surface area contributed by atoms with Crippen LogP contribution in [0, 0.1) is 0 Å². The Hall–Kier alpha value is -2.60. The molecule has 0 radical (unpaired) electrons. The van der Waals surface area contributed by atoms with Gasteiger partial charge in [0.05, 0.1) is 12.2 Å². The van der Waals surface area contributed by atoms with E-state index in [1.165, 1.54) is 4.52 Å². The second-order valence-corrected chi connectivity index (χ2v) is 5.92. The lowest BCUT2D eigenvalue weighted by Crippen LogP contribution is -2.39. The van der Waals surface area contributed by atoms with E-state index >= 15 is 0 Å². The molecule has 1 aliphatic heterocycles. The maximum absolute atomic E-state index is 12.6. The summed E-state index contributed by atoms with van der Waals surface area (Å²) in [5, 5.41) is 3.38. The van der Waals surface area contributed by atoms with E-state index < -0.39 is 0 Å². The summed E-state index contributed by atoms with van der Waals surface area (Å²) in [4.78, 5) is 31.2. The predicted molar refractivity (Wildman–Crippen MR) is 85.7 cm³/mol. The van der Waals surface area contributed by atoms with Crippen molar-refractivity contribution in [3.05, 3.63) is 68.7 Å². The Morgan fingerprint density at radius 1 is 1.30 bits per heavy atom. The molecule has 0 unspecified atom stereocenters. The molecule has 0 atom stereocenters. The van der Waals surface area contributed by atoms with E-state index in [0.717, 1.165) is 0 Å². The minimum atomic E-state index is -0.103. The molecule has 0 bridgehead atoms. The fourth-order valence-electron chi connectivity index (χ4n) is 2.91. The number of amides is 1. The quantitative estimate of drug-likeness (QED) is 0.741. The van der Waals surface area contributed by atoms with Crippen molar-refractivity contribution in [2.45, 2.75) is 13.0 Å². The molecule has 23 heavy (non-hydrogen) atoms.